The molecule has 0 radical (unpaired) electrons. The Hall–Kier alpha value is -1.39. The monoisotopic (exact) mass is 277 g/mol. The number of likely N-dealkylation sites (N-methyl/N-ethyl adjacent to an activating group) is 1. The highest BCUT2D eigenvalue weighted by Gasteiger charge is 2.09. The standard InChI is InChI=1S/C16H27N3O/c1-16(2,3)12-17-10-13-7-6-8-14(9-13)18-15(20)11-19(4)5/h6-9,17H,10-12H2,1-5H3,(H,18,20). The molecule has 0 saturated heterocycles. The predicted octanol–water partition coefficient (Wildman–Crippen LogP) is 2.32. The van der Waals surface area contributed by atoms with E-state index in [1.807, 2.05) is 37.2 Å². The van der Waals surface area contributed by atoms with Gasteiger partial charge >= 0.3 is 0 Å². The van der Waals surface area contributed by atoms with Gasteiger partial charge in [-0.05, 0) is 37.2 Å². The third-order valence-corrected chi connectivity index (χ3v) is 2.66. The SMILES string of the molecule is CN(C)CC(=O)Nc1cccc(CNCC(C)(C)C)c1. The molecule has 0 spiro atoms. The van der Waals surface area contributed by atoms with E-state index in [4.69, 9.17) is 0 Å². The predicted molar refractivity (Wildman–Crippen MR) is 84.8 cm³/mol. The van der Waals surface area contributed by atoms with Gasteiger partial charge in [-0.2, -0.15) is 0 Å². The summed E-state index contributed by atoms with van der Waals surface area (Å²) < 4.78 is 0. The smallest absolute Gasteiger partial charge is 0.238 e. The second-order valence-corrected chi connectivity index (χ2v) is 6.65. The summed E-state index contributed by atoms with van der Waals surface area (Å²) in [5, 5.41) is 6.35. The number of hydrogen-bond donors (Lipinski definition) is 2. The van der Waals surface area contributed by atoms with Crippen molar-refractivity contribution in [2.24, 2.45) is 5.41 Å². The van der Waals surface area contributed by atoms with Crippen LogP contribution in [0.4, 0.5) is 5.69 Å². The van der Waals surface area contributed by atoms with Crippen molar-refractivity contribution in [2.75, 3.05) is 32.5 Å². The summed E-state index contributed by atoms with van der Waals surface area (Å²) in [7, 11) is 3.76. The van der Waals surface area contributed by atoms with Crippen LogP contribution in [0, 0.1) is 5.41 Å². The highest BCUT2D eigenvalue weighted by molar-refractivity contribution is 5.92. The fraction of sp³-hybridized carbons (Fsp3) is 0.562. The number of rotatable bonds is 6. The Bertz CT molecular complexity index is 436. The lowest BCUT2D eigenvalue weighted by Crippen LogP contribution is -2.27. The van der Waals surface area contributed by atoms with Gasteiger partial charge in [0.2, 0.25) is 5.91 Å². The van der Waals surface area contributed by atoms with Crippen LogP contribution in [0.3, 0.4) is 0 Å². The molecule has 0 bridgehead atoms. The summed E-state index contributed by atoms with van der Waals surface area (Å²) in [5.74, 6) is 0.00907. The van der Waals surface area contributed by atoms with E-state index in [1.165, 1.54) is 5.56 Å². The summed E-state index contributed by atoms with van der Waals surface area (Å²) >= 11 is 0. The first-order chi connectivity index (χ1) is 9.26. The zero-order valence-electron chi connectivity index (χ0n) is 13.3. The molecule has 0 unspecified atom stereocenters. The van der Waals surface area contributed by atoms with E-state index in [1.54, 1.807) is 0 Å². The first-order valence-electron chi connectivity index (χ1n) is 7.00. The van der Waals surface area contributed by atoms with Crippen LogP contribution in [0.15, 0.2) is 24.3 Å². The third kappa shape index (κ3) is 7.26. The van der Waals surface area contributed by atoms with Crippen LogP contribution in [0.5, 0.6) is 0 Å². The quantitative estimate of drug-likeness (QED) is 0.839. The lowest BCUT2D eigenvalue weighted by molar-refractivity contribution is -0.116. The number of benzene rings is 1. The number of nitrogens with zero attached hydrogens (tertiary/aromatic N) is 1. The minimum Gasteiger partial charge on any atom is -0.325 e. The number of anilines is 1. The second kappa shape index (κ2) is 7.41. The van der Waals surface area contributed by atoms with Crippen molar-refractivity contribution in [3.63, 3.8) is 0 Å². The molecule has 2 N–H and O–H groups in total. The molecule has 0 aromatic heterocycles. The number of nitrogens with one attached hydrogen (secondary N) is 2. The zero-order valence-corrected chi connectivity index (χ0v) is 13.3. The van der Waals surface area contributed by atoms with Crippen LogP contribution in [0.2, 0.25) is 0 Å². The van der Waals surface area contributed by atoms with Crippen LogP contribution in [0.25, 0.3) is 0 Å². The van der Waals surface area contributed by atoms with E-state index < -0.39 is 0 Å². The topological polar surface area (TPSA) is 44.4 Å². The lowest BCUT2D eigenvalue weighted by Gasteiger charge is -2.19. The lowest BCUT2D eigenvalue weighted by atomic mass is 9.97. The van der Waals surface area contributed by atoms with Crippen molar-refractivity contribution in [1.29, 1.82) is 0 Å². The molecule has 0 aliphatic rings. The van der Waals surface area contributed by atoms with Crippen molar-refractivity contribution in [1.82, 2.24) is 10.2 Å². The number of carbonyl (C=O) groups excluding carboxylic acids is 1. The van der Waals surface area contributed by atoms with Gasteiger partial charge in [0.15, 0.2) is 0 Å². The van der Waals surface area contributed by atoms with E-state index >= 15 is 0 Å². The average Bonchev–Trinajstić information content (AvgIpc) is 2.26. The molecule has 1 rings (SSSR count). The number of hydrogen-bond acceptors (Lipinski definition) is 3. The van der Waals surface area contributed by atoms with E-state index in [0.29, 0.717) is 6.54 Å². The van der Waals surface area contributed by atoms with Crippen LogP contribution < -0.4 is 10.6 Å². The van der Waals surface area contributed by atoms with Crippen LogP contribution >= 0.6 is 0 Å². The maximum Gasteiger partial charge on any atom is 0.238 e. The molecule has 0 saturated carbocycles. The summed E-state index contributed by atoms with van der Waals surface area (Å²) in [5.41, 5.74) is 2.31. The van der Waals surface area contributed by atoms with Crippen LogP contribution in [0.1, 0.15) is 26.3 Å². The van der Waals surface area contributed by atoms with E-state index in [-0.39, 0.29) is 11.3 Å². The van der Waals surface area contributed by atoms with Crippen molar-refractivity contribution >= 4 is 11.6 Å². The first kappa shape index (κ1) is 16.7. The molecule has 0 aliphatic heterocycles. The van der Waals surface area contributed by atoms with Gasteiger partial charge in [0.25, 0.3) is 0 Å². The molecule has 0 atom stereocenters. The maximum absolute atomic E-state index is 11.7. The minimum absolute atomic E-state index is 0.00907. The molecule has 112 valence electrons. The van der Waals surface area contributed by atoms with Gasteiger partial charge in [-0.1, -0.05) is 32.9 Å². The van der Waals surface area contributed by atoms with Gasteiger partial charge < -0.3 is 15.5 Å². The Balaban J connectivity index is 2.51. The number of amides is 1. The minimum atomic E-state index is 0.00907. The summed E-state index contributed by atoms with van der Waals surface area (Å²) in [6, 6.07) is 7.97. The molecule has 4 nitrogen and oxygen atoms in total. The summed E-state index contributed by atoms with van der Waals surface area (Å²) in [6.07, 6.45) is 0. The molecule has 4 heteroatoms. The van der Waals surface area contributed by atoms with Crippen molar-refractivity contribution in [3.05, 3.63) is 29.8 Å². The normalized spacial score (nSPS) is 11.7. The maximum atomic E-state index is 11.7. The molecule has 0 aliphatic carbocycles. The number of carbonyl (C=O) groups is 1. The van der Waals surface area contributed by atoms with E-state index in [9.17, 15) is 4.79 Å². The molecular weight excluding hydrogens is 250 g/mol. The van der Waals surface area contributed by atoms with Gasteiger partial charge in [0, 0.05) is 18.8 Å². The van der Waals surface area contributed by atoms with Gasteiger partial charge in [0.05, 0.1) is 6.54 Å². The van der Waals surface area contributed by atoms with Gasteiger partial charge in [-0.25, -0.2) is 0 Å². The van der Waals surface area contributed by atoms with Crippen molar-refractivity contribution < 1.29 is 4.79 Å². The molecule has 0 fully saturated rings. The Morgan fingerprint density at radius 3 is 2.55 bits per heavy atom. The average molecular weight is 277 g/mol. The highest BCUT2D eigenvalue weighted by atomic mass is 16.2. The summed E-state index contributed by atoms with van der Waals surface area (Å²) in [6.45, 7) is 8.79. The van der Waals surface area contributed by atoms with Crippen molar-refractivity contribution in [2.45, 2.75) is 27.3 Å². The van der Waals surface area contributed by atoms with E-state index in [2.05, 4.69) is 37.5 Å². The summed E-state index contributed by atoms with van der Waals surface area (Å²) in [4.78, 5) is 13.6. The molecule has 1 aromatic rings. The van der Waals surface area contributed by atoms with Gasteiger partial charge in [-0.3, -0.25) is 4.79 Å². The van der Waals surface area contributed by atoms with E-state index in [0.717, 1.165) is 18.8 Å². The Labute approximate surface area is 122 Å². The van der Waals surface area contributed by atoms with Gasteiger partial charge in [-0.15, -0.1) is 0 Å². The van der Waals surface area contributed by atoms with Crippen LogP contribution in [-0.2, 0) is 11.3 Å². The first-order valence-corrected chi connectivity index (χ1v) is 7.00. The fourth-order valence-electron chi connectivity index (χ4n) is 1.83. The largest absolute Gasteiger partial charge is 0.325 e. The zero-order chi connectivity index (χ0) is 15.2. The molecule has 0 heterocycles. The molecule has 20 heavy (non-hydrogen) atoms. The highest BCUT2D eigenvalue weighted by Crippen LogP contribution is 2.13. The van der Waals surface area contributed by atoms with Crippen LogP contribution in [-0.4, -0.2) is 38.0 Å². The van der Waals surface area contributed by atoms with Gasteiger partial charge in [0.1, 0.15) is 0 Å². The Morgan fingerprint density at radius 2 is 1.95 bits per heavy atom. The molecule has 1 aromatic carbocycles. The van der Waals surface area contributed by atoms with Crippen molar-refractivity contribution in [3.8, 4) is 0 Å². The Kier molecular flexibility index (Phi) is 6.17. The second-order valence-electron chi connectivity index (χ2n) is 6.65. The fourth-order valence-corrected chi connectivity index (χ4v) is 1.83. The molecule has 1 amide bonds. The third-order valence-electron chi connectivity index (χ3n) is 2.66. The molecular formula is C16H27N3O. The Morgan fingerprint density at radius 1 is 1.25 bits per heavy atom.